The zero-order valence-electron chi connectivity index (χ0n) is 16.5. The summed E-state index contributed by atoms with van der Waals surface area (Å²) in [7, 11) is 0. The molecule has 10 nitrogen and oxygen atoms in total. The smallest absolute Gasteiger partial charge is 0.305 e. The second-order valence-corrected chi connectivity index (χ2v) is 7.07. The van der Waals surface area contributed by atoms with Gasteiger partial charge in [0, 0.05) is 30.8 Å². The van der Waals surface area contributed by atoms with E-state index in [0.29, 0.717) is 44.9 Å². The number of nitrogens with zero attached hydrogens (tertiary/aromatic N) is 1. The minimum Gasteiger partial charge on any atom is -0.481 e. The standard InChI is InChI=1S/C20H25N3O7/c24-17-4-3-16(19(27)22-17)23-12-13-11-14(1-2-15(13)20(23)28)21-6-8-30-10-9-29-7-5-18(25)26/h1-2,11,16,21H,3-10,12H2,(H,25,26)(H,22,24,27). The molecule has 2 aliphatic rings. The Kier molecular flexibility index (Phi) is 7.36. The maximum Gasteiger partial charge on any atom is 0.305 e. The number of carbonyl (C=O) groups excluding carboxylic acids is 3. The fraction of sp³-hybridized carbons (Fsp3) is 0.500. The van der Waals surface area contributed by atoms with Crippen LogP contribution in [0.15, 0.2) is 18.2 Å². The van der Waals surface area contributed by atoms with E-state index in [-0.39, 0.29) is 31.3 Å². The average molecular weight is 419 g/mol. The molecule has 0 bridgehead atoms. The van der Waals surface area contributed by atoms with Crippen LogP contribution in [0.4, 0.5) is 5.69 Å². The lowest BCUT2D eigenvalue weighted by atomic mass is 10.0. The normalized spacial score (nSPS) is 18.3. The Morgan fingerprint density at radius 2 is 1.93 bits per heavy atom. The molecule has 0 saturated carbocycles. The van der Waals surface area contributed by atoms with Gasteiger partial charge in [0.15, 0.2) is 0 Å². The van der Waals surface area contributed by atoms with Crippen molar-refractivity contribution in [2.75, 3.05) is 38.3 Å². The largest absolute Gasteiger partial charge is 0.481 e. The van der Waals surface area contributed by atoms with Crippen LogP contribution in [0.5, 0.6) is 0 Å². The molecule has 162 valence electrons. The molecule has 0 aliphatic carbocycles. The van der Waals surface area contributed by atoms with Gasteiger partial charge in [-0.2, -0.15) is 0 Å². The third kappa shape index (κ3) is 5.55. The number of piperidine rings is 1. The summed E-state index contributed by atoms with van der Waals surface area (Å²) in [6, 6.07) is 4.81. The zero-order chi connectivity index (χ0) is 21.5. The van der Waals surface area contributed by atoms with Gasteiger partial charge < -0.3 is 24.8 Å². The van der Waals surface area contributed by atoms with Crippen molar-refractivity contribution in [1.82, 2.24) is 10.2 Å². The molecule has 0 radical (unpaired) electrons. The van der Waals surface area contributed by atoms with Crippen LogP contribution in [0.3, 0.4) is 0 Å². The topological polar surface area (TPSA) is 134 Å². The van der Waals surface area contributed by atoms with Crippen LogP contribution >= 0.6 is 0 Å². The highest BCUT2D eigenvalue weighted by Gasteiger charge is 2.39. The van der Waals surface area contributed by atoms with Crippen molar-refractivity contribution in [3.63, 3.8) is 0 Å². The van der Waals surface area contributed by atoms with E-state index in [1.165, 1.54) is 4.90 Å². The zero-order valence-corrected chi connectivity index (χ0v) is 16.5. The lowest BCUT2D eigenvalue weighted by Crippen LogP contribution is -2.52. The first-order valence-corrected chi connectivity index (χ1v) is 9.84. The van der Waals surface area contributed by atoms with Gasteiger partial charge >= 0.3 is 5.97 Å². The van der Waals surface area contributed by atoms with Gasteiger partial charge in [0.25, 0.3) is 5.91 Å². The monoisotopic (exact) mass is 419 g/mol. The number of hydrogen-bond donors (Lipinski definition) is 3. The molecule has 3 amide bonds. The van der Waals surface area contributed by atoms with Gasteiger partial charge in [0.1, 0.15) is 6.04 Å². The number of anilines is 1. The Balaban J connectivity index is 1.41. The first-order valence-electron chi connectivity index (χ1n) is 9.84. The second-order valence-electron chi connectivity index (χ2n) is 7.07. The number of rotatable bonds is 11. The molecule has 1 saturated heterocycles. The van der Waals surface area contributed by atoms with E-state index in [9.17, 15) is 19.2 Å². The summed E-state index contributed by atoms with van der Waals surface area (Å²) >= 11 is 0. The van der Waals surface area contributed by atoms with Crippen molar-refractivity contribution < 1.29 is 33.8 Å². The molecule has 1 fully saturated rings. The van der Waals surface area contributed by atoms with E-state index in [4.69, 9.17) is 14.6 Å². The number of amides is 3. The molecule has 0 spiro atoms. The molecular weight excluding hydrogens is 394 g/mol. The number of ether oxygens (including phenoxy) is 2. The second kappa shape index (κ2) is 10.2. The van der Waals surface area contributed by atoms with Gasteiger partial charge in [-0.25, -0.2) is 0 Å². The van der Waals surface area contributed by atoms with Gasteiger partial charge in [-0.05, 0) is 30.2 Å². The van der Waals surface area contributed by atoms with Crippen LogP contribution < -0.4 is 10.6 Å². The van der Waals surface area contributed by atoms with Crippen LogP contribution in [-0.4, -0.2) is 72.7 Å². The van der Waals surface area contributed by atoms with Gasteiger partial charge in [-0.15, -0.1) is 0 Å². The number of aliphatic carboxylic acids is 1. The molecule has 2 heterocycles. The quantitative estimate of drug-likeness (QED) is 0.346. The number of nitrogens with one attached hydrogen (secondary N) is 2. The van der Waals surface area contributed by atoms with Crippen LogP contribution in [-0.2, 0) is 30.4 Å². The van der Waals surface area contributed by atoms with E-state index in [1.54, 1.807) is 12.1 Å². The molecule has 3 N–H and O–H groups in total. The predicted octanol–water partition coefficient (Wildman–Crippen LogP) is 0.367. The van der Waals surface area contributed by atoms with Crippen molar-refractivity contribution in [3.8, 4) is 0 Å². The van der Waals surface area contributed by atoms with E-state index in [0.717, 1.165) is 11.3 Å². The highest BCUT2D eigenvalue weighted by atomic mass is 16.5. The minimum absolute atomic E-state index is 0.0244. The van der Waals surface area contributed by atoms with Crippen molar-refractivity contribution in [3.05, 3.63) is 29.3 Å². The number of carboxylic acid groups (broad SMARTS) is 1. The average Bonchev–Trinajstić information content (AvgIpc) is 3.02. The van der Waals surface area contributed by atoms with Gasteiger partial charge in [0.05, 0.1) is 32.8 Å². The molecule has 1 atom stereocenters. The van der Waals surface area contributed by atoms with Crippen molar-refractivity contribution >= 4 is 29.4 Å². The summed E-state index contributed by atoms with van der Waals surface area (Å²) < 4.78 is 10.6. The van der Waals surface area contributed by atoms with Crippen LogP contribution in [0, 0.1) is 0 Å². The van der Waals surface area contributed by atoms with Crippen LogP contribution in [0.25, 0.3) is 0 Å². The molecule has 1 aromatic rings. The number of benzene rings is 1. The SMILES string of the molecule is O=C(O)CCOCCOCCNc1ccc2c(c1)CN(C1CCC(=O)NC1=O)C2=O. The Morgan fingerprint density at radius 1 is 1.17 bits per heavy atom. The molecule has 2 aliphatic heterocycles. The summed E-state index contributed by atoms with van der Waals surface area (Å²) in [4.78, 5) is 47.9. The Bertz CT molecular complexity index is 827. The van der Waals surface area contributed by atoms with Gasteiger partial charge in [-0.3, -0.25) is 24.5 Å². The highest BCUT2D eigenvalue weighted by Crippen LogP contribution is 2.29. The third-order valence-corrected chi connectivity index (χ3v) is 4.93. The Hall–Kier alpha value is -2.98. The number of carboxylic acids is 1. The summed E-state index contributed by atoms with van der Waals surface area (Å²) in [5, 5.41) is 14.0. The fourth-order valence-corrected chi connectivity index (χ4v) is 3.43. The van der Waals surface area contributed by atoms with Crippen LogP contribution in [0.1, 0.15) is 35.2 Å². The summed E-state index contributed by atoms with van der Waals surface area (Å²) in [5.41, 5.74) is 2.25. The third-order valence-electron chi connectivity index (χ3n) is 4.93. The van der Waals surface area contributed by atoms with Gasteiger partial charge in [0.2, 0.25) is 11.8 Å². The molecule has 0 aromatic heterocycles. The number of imide groups is 1. The first-order chi connectivity index (χ1) is 14.5. The molecule has 3 rings (SSSR count). The highest BCUT2D eigenvalue weighted by molar-refractivity contribution is 6.05. The summed E-state index contributed by atoms with van der Waals surface area (Å²) in [6.07, 6.45) is 0.546. The number of hydrogen-bond acceptors (Lipinski definition) is 7. The lowest BCUT2D eigenvalue weighted by Gasteiger charge is -2.29. The molecular formula is C20H25N3O7. The maximum absolute atomic E-state index is 12.7. The summed E-state index contributed by atoms with van der Waals surface area (Å²) in [5.74, 6) is -1.82. The maximum atomic E-state index is 12.7. The van der Waals surface area contributed by atoms with E-state index in [1.807, 2.05) is 6.07 Å². The number of fused-ring (bicyclic) bond motifs is 1. The van der Waals surface area contributed by atoms with E-state index >= 15 is 0 Å². The van der Waals surface area contributed by atoms with E-state index in [2.05, 4.69) is 10.6 Å². The van der Waals surface area contributed by atoms with Gasteiger partial charge in [-0.1, -0.05) is 0 Å². The minimum atomic E-state index is -0.892. The summed E-state index contributed by atoms with van der Waals surface area (Å²) in [6.45, 7) is 2.21. The molecule has 10 heteroatoms. The van der Waals surface area contributed by atoms with Crippen molar-refractivity contribution in [2.45, 2.75) is 31.8 Å². The van der Waals surface area contributed by atoms with E-state index < -0.39 is 17.9 Å². The molecule has 1 unspecified atom stereocenters. The predicted molar refractivity (Wildman–Crippen MR) is 105 cm³/mol. The number of carbonyl (C=O) groups is 4. The fourth-order valence-electron chi connectivity index (χ4n) is 3.43. The van der Waals surface area contributed by atoms with Crippen molar-refractivity contribution in [1.29, 1.82) is 0 Å². The van der Waals surface area contributed by atoms with Crippen molar-refractivity contribution in [2.24, 2.45) is 0 Å². The van der Waals surface area contributed by atoms with Crippen LogP contribution in [0.2, 0.25) is 0 Å². The lowest BCUT2D eigenvalue weighted by molar-refractivity contribution is -0.139. The first kappa shape index (κ1) is 21.7. The Morgan fingerprint density at radius 3 is 2.67 bits per heavy atom. The molecule has 30 heavy (non-hydrogen) atoms. The molecule has 1 aromatic carbocycles. The Labute approximate surface area is 173 Å².